The lowest BCUT2D eigenvalue weighted by molar-refractivity contribution is -0.148. The van der Waals surface area contributed by atoms with E-state index in [1.165, 1.54) is 4.90 Å². The van der Waals surface area contributed by atoms with Crippen LogP contribution in [0.5, 0.6) is 5.75 Å². The van der Waals surface area contributed by atoms with Gasteiger partial charge in [0.2, 0.25) is 5.91 Å². The average molecular weight is 295 g/mol. The van der Waals surface area contributed by atoms with Gasteiger partial charge >= 0.3 is 5.97 Å². The Kier molecular flexibility index (Phi) is 4.54. The van der Waals surface area contributed by atoms with Crippen molar-refractivity contribution in [3.8, 4) is 5.75 Å². The largest absolute Gasteiger partial charge is 0.497 e. The zero-order valence-corrected chi connectivity index (χ0v) is 12.0. The lowest BCUT2D eigenvalue weighted by Crippen LogP contribution is -2.43. The molecule has 1 heterocycles. The number of aliphatic carboxylic acids is 1. The van der Waals surface area contributed by atoms with Gasteiger partial charge in [-0.2, -0.15) is 12.6 Å². The van der Waals surface area contributed by atoms with Crippen LogP contribution in [0.25, 0.3) is 0 Å². The van der Waals surface area contributed by atoms with E-state index in [1.807, 2.05) is 6.07 Å². The van der Waals surface area contributed by atoms with Crippen molar-refractivity contribution in [2.24, 2.45) is 0 Å². The number of hydrogen-bond donors (Lipinski definition) is 2. The lowest BCUT2D eigenvalue weighted by Gasteiger charge is -2.24. The number of methoxy groups -OCH3 is 1. The summed E-state index contributed by atoms with van der Waals surface area (Å²) in [6, 6.07) is 6.36. The molecule has 0 spiro atoms. The highest BCUT2D eigenvalue weighted by atomic mass is 32.1. The molecule has 5 nitrogen and oxygen atoms in total. The maximum atomic E-state index is 11.8. The van der Waals surface area contributed by atoms with Crippen molar-refractivity contribution in [3.05, 3.63) is 29.8 Å². The fourth-order valence-corrected chi connectivity index (χ4v) is 2.70. The number of ether oxygens (including phenoxy) is 1. The normalized spacial score (nSPS) is 20.0. The van der Waals surface area contributed by atoms with Gasteiger partial charge in [-0.25, -0.2) is 4.79 Å². The van der Waals surface area contributed by atoms with E-state index in [1.54, 1.807) is 25.3 Å². The predicted molar refractivity (Wildman–Crippen MR) is 77.2 cm³/mol. The fraction of sp³-hybridized carbons (Fsp3) is 0.429. The van der Waals surface area contributed by atoms with Crippen LogP contribution in [0.1, 0.15) is 12.0 Å². The Morgan fingerprint density at radius 3 is 2.90 bits per heavy atom. The summed E-state index contributed by atoms with van der Waals surface area (Å²) >= 11 is 4.26. The molecule has 1 aliphatic heterocycles. The number of rotatable bonds is 5. The Labute approximate surface area is 122 Å². The Morgan fingerprint density at radius 1 is 1.60 bits per heavy atom. The number of carbonyl (C=O) groups excluding carboxylic acids is 1. The van der Waals surface area contributed by atoms with Gasteiger partial charge < -0.3 is 14.7 Å². The molecule has 0 aliphatic carbocycles. The quantitative estimate of drug-likeness (QED) is 0.802. The molecule has 0 saturated carbocycles. The Hall–Kier alpha value is -1.69. The molecule has 20 heavy (non-hydrogen) atoms. The SMILES string of the molecule is COc1cccc(CC(C(=O)O)N2CC(S)CC2=O)c1. The summed E-state index contributed by atoms with van der Waals surface area (Å²) in [5.74, 6) is -0.477. The maximum absolute atomic E-state index is 11.8. The number of likely N-dealkylation sites (tertiary alicyclic amines) is 1. The molecule has 6 heteroatoms. The van der Waals surface area contributed by atoms with Crippen LogP contribution in [0.3, 0.4) is 0 Å². The van der Waals surface area contributed by atoms with Crippen molar-refractivity contribution >= 4 is 24.5 Å². The highest BCUT2D eigenvalue weighted by Crippen LogP contribution is 2.22. The summed E-state index contributed by atoms with van der Waals surface area (Å²) in [7, 11) is 1.56. The van der Waals surface area contributed by atoms with E-state index in [0.29, 0.717) is 18.7 Å². The molecule has 0 aromatic heterocycles. The smallest absolute Gasteiger partial charge is 0.326 e. The first-order valence-electron chi connectivity index (χ1n) is 6.34. The molecular weight excluding hydrogens is 278 g/mol. The molecule has 1 aliphatic rings. The van der Waals surface area contributed by atoms with Gasteiger partial charge in [0.25, 0.3) is 0 Å². The Bertz CT molecular complexity index is 520. The van der Waals surface area contributed by atoms with Crippen LogP contribution in [0, 0.1) is 0 Å². The molecule has 108 valence electrons. The number of hydrogen-bond acceptors (Lipinski definition) is 4. The number of carboxylic acid groups (broad SMARTS) is 1. The second-order valence-corrected chi connectivity index (χ2v) is 5.54. The highest BCUT2D eigenvalue weighted by Gasteiger charge is 2.36. The van der Waals surface area contributed by atoms with Gasteiger partial charge in [0.1, 0.15) is 11.8 Å². The zero-order valence-electron chi connectivity index (χ0n) is 11.2. The second-order valence-electron chi connectivity index (χ2n) is 4.81. The van der Waals surface area contributed by atoms with Crippen molar-refractivity contribution < 1.29 is 19.4 Å². The maximum Gasteiger partial charge on any atom is 0.326 e. The summed E-state index contributed by atoms with van der Waals surface area (Å²) in [6.45, 7) is 0.378. The molecule has 1 N–H and O–H groups in total. The molecule has 2 atom stereocenters. The van der Waals surface area contributed by atoms with Gasteiger partial charge in [-0.3, -0.25) is 4.79 Å². The van der Waals surface area contributed by atoms with Crippen LogP contribution in [0.15, 0.2) is 24.3 Å². The minimum absolute atomic E-state index is 0.0883. The van der Waals surface area contributed by atoms with E-state index >= 15 is 0 Å². The molecule has 2 unspecified atom stereocenters. The van der Waals surface area contributed by atoms with Crippen molar-refractivity contribution in [2.75, 3.05) is 13.7 Å². The summed E-state index contributed by atoms with van der Waals surface area (Å²) < 4.78 is 5.12. The molecule has 2 rings (SSSR count). The first kappa shape index (κ1) is 14.7. The number of nitrogens with zero attached hydrogens (tertiary/aromatic N) is 1. The molecule has 1 aromatic carbocycles. The first-order valence-corrected chi connectivity index (χ1v) is 6.86. The number of thiol groups is 1. The van der Waals surface area contributed by atoms with Gasteiger partial charge in [0, 0.05) is 24.6 Å². The van der Waals surface area contributed by atoms with E-state index in [2.05, 4.69) is 12.6 Å². The Balaban J connectivity index is 2.17. The van der Waals surface area contributed by atoms with Crippen LogP contribution in [-0.4, -0.2) is 46.8 Å². The number of carboxylic acids is 1. The van der Waals surface area contributed by atoms with Crippen LogP contribution >= 0.6 is 12.6 Å². The number of amides is 1. The number of carbonyl (C=O) groups is 2. The van der Waals surface area contributed by atoms with E-state index in [4.69, 9.17) is 4.74 Å². The third-order valence-corrected chi connectivity index (χ3v) is 3.71. The third-order valence-electron chi connectivity index (χ3n) is 3.36. The number of benzene rings is 1. The molecular formula is C14H17NO4S. The van der Waals surface area contributed by atoms with Crippen LogP contribution in [0.4, 0.5) is 0 Å². The van der Waals surface area contributed by atoms with E-state index in [9.17, 15) is 14.7 Å². The van der Waals surface area contributed by atoms with E-state index in [0.717, 1.165) is 5.56 Å². The van der Waals surface area contributed by atoms with Crippen molar-refractivity contribution in [1.82, 2.24) is 4.90 Å². The summed E-state index contributed by atoms with van der Waals surface area (Å²) in [4.78, 5) is 24.7. The third kappa shape index (κ3) is 3.25. The standard InChI is InChI=1S/C14H17NO4S/c1-19-10-4-2-3-9(5-10)6-12(14(17)18)15-8-11(20)7-13(15)16/h2-5,11-12,20H,6-8H2,1H3,(H,17,18). The van der Waals surface area contributed by atoms with Crippen LogP contribution in [-0.2, 0) is 16.0 Å². The lowest BCUT2D eigenvalue weighted by atomic mass is 10.0. The molecule has 1 fully saturated rings. The van der Waals surface area contributed by atoms with Gasteiger partial charge in [0.15, 0.2) is 0 Å². The highest BCUT2D eigenvalue weighted by molar-refractivity contribution is 7.81. The topological polar surface area (TPSA) is 66.8 Å². The second kappa shape index (κ2) is 6.17. The van der Waals surface area contributed by atoms with Gasteiger partial charge in [-0.1, -0.05) is 12.1 Å². The molecule has 0 radical (unpaired) electrons. The van der Waals surface area contributed by atoms with Gasteiger partial charge in [-0.15, -0.1) is 0 Å². The van der Waals surface area contributed by atoms with Crippen LogP contribution < -0.4 is 4.74 Å². The van der Waals surface area contributed by atoms with Gasteiger partial charge in [-0.05, 0) is 17.7 Å². The van der Waals surface area contributed by atoms with Crippen molar-refractivity contribution in [3.63, 3.8) is 0 Å². The Morgan fingerprint density at radius 2 is 2.35 bits per heavy atom. The first-order chi connectivity index (χ1) is 9.51. The average Bonchev–Trinajstić information content (AvgIpc) is 2.74. The predicted octanol–water partition coefficient (Wildman–Crippen LogP) is 1.22. The molecule has 1 saturated heterocycles. The summed E-state index contributed by atoms with van der Waals surface area (Å²) in [6.07, 6.45) is 0.559. The fourth-order valence-electron chi connectivity index (χ4n) is 2.37. The van der Waals surface area contributed by atoms with Gasteiger partial charge in [0.05, 0.1) is 7.11 Å². The van der Waals surface area contributed by atoms with E-state index in [-0.39, 0.29) is 17.6 Å². The van der Waals surface area contributed by atoms with Crippen molar-refractivity contribution in [1.29, 1.82) is 0 Å². The minimum Gasteiger partial charge on any atom is -0.497 e. The van der Waals surface area contributed by atoms with Crippen LogP contribution in [0.2, 0.25) is 0 Å². The molecule has 0 bridgehead atoms. The minimum atomic E-state index is -0.997. The van der Waals surface area contributed by atoms with Crippen molar-refractivity contribution in [2.45, 2.75) is 24.1 Å². The summed E-state index contributed by atoms with van der Waals surface area (Å²) in [5, 5.41) is 9.29. The molecule has 1 amide bonds. The summed E-state index contributed by atoms with van der Waals surface area (Å²) in [5.41, 5.74) is 0.826. The van der Waals surface area contributed by atoms with E-state index < -0.39 is 12.0 Å². The monoisotopic (exact) mass is 295 g/mol. The zero-order chi connectivity index (χ0) is 14.7. The molecule has 1 aromatic rings.